The van der Waals surface area contributed by atoms with Crippen LogP contribution in [0.3, 0.4) is 0 Å². The Morgan fingerprint density at radius 2 is 2.33 bits per heavy atom. The van der Waals surface area contributed by atoms with Crippen molar-refractivity contribution >= 4 is 17.2 Å². The second-order valence-corrected chi connectivity index (χ2v) is 6.42. The van der Waals surface area contributed by atoms with E-state index in [0.717, 1.165) is 19.0 Å². The molecule has 18 heavy (non-hydrogen) atoms. The molecule has 1 aromatic rings. The van der Waals surface area contributed by atoms with E-state index < -0.39 is 0 Å². The van der Waals surface area contributed by atoms with Crippen LogP contribution in [0.2, 0.25) is 0 Å². The molecule has 0 radical (unpaired) electrons. The average Bonchev–Trinajstić information content (AvgIpc) is 2.65. The van der Waals surface area contributed by atoms with Crippen LogP contribution in [0.5, 0.6) is 0 Å². The molecule has 0 aliphatic heterocycles. The van der Waals surface area contributed by atoms with Crippen LogP contribution in [0.15, 0.2) is 6.07 Å². The van der Waals surface area contributed by atoms with Gasteiger partial charge in [0.15, 0.2) is 0 Å². The molecule has 100 valence electrons. The summed E-state index contributed by atoms with van der Waals surface area (Å²) >= 11 is 1.51. The first-order chi connectivity index (χ1) is 8.60. The van der Waals surface area contributed by atoms with E-state index in [-0.39, 0.29) is 5.91 Å². The predicted octanol–water partition coefficient (Wildman–Crippen LogP) is 1.89. The number of rotatable bonds is 5. The molecule has 1 saturated carbocycles. The largest absolute Gasteiger partial charge is 0.302 e. The van der Waals surface area contributed by atoms with Crippen LogP contribution in [-0.2, 0) is 6.54 Å². The highest BCUT2D eigenvalue weighted by Crippen LogP contribution is 2.28. The lowest BCUT2D eigenvalue weighted by Gasteiger charge is -2.30. The molecule has 0 spiro atoms. The van der Waals surface area contributed by atoms with E-state index >= 15 is 0 Å². The summed E-state index contributed by atoms with van der Waals surface area (Å²) in [6, 6.07) is 1.96. The molecule has 4 nitrogen and oxygen atoms in total. The van der Waals surface area contributed by atoms with Gasteiger partial charge in [-0.2, -0.15) is 0 Å². The van der Waals surface area contributed by atoms with Gasteiger partial charge in [-0.05, 0) is 44.4 Å². The second kappa shape index (κ2) is 5.82. The lowest BCUT2D eigenvalue weighted by Crippen LogP contribution is -2.29. The molecule has 5 heteroatoms. The third-order valence-corrected chi connectivity index (χ3v) is 4.70. The summed E-state index contributed by atoms with van der Waals surface area (Å²) in [6.07, 6.45) is 4.12. The van der Waals surface area contributed by atoms with E-state index in [1.165, 1.54) is 41.0 Å². The lowest BCUT2D eigenvalue weighted by molar-refractivity contribution is 0.0957. The molecule has 1 aromatic heterocycles. The number of carbonyl (C=O) groups excluding carboxylic acids is 1. The first-order valence-corrected chi connectivity index (χ1v) is 7.20. The Balaban J connectivity index is 1.95. The smallest absolute Gasteiger partial charge is 0.275 e. The number of nitrogens with zero attached hydrogens (tertiary/aromatic N) is 1. The van der Waals surface area contributed by atoms with Crippen molar-refractivity contribution in [2.75, 3.05) is 13.6 Å². The maximum Gasteiger partial charge on any atom is 0.275 e. The number of nitrogen functional groups attached to an aromatic ring is 1. The van der Waals surface area contributed by atoms with Gasteiger partial charge in [0.2, 0.25) is 0 Å². The van der Waals surface area contributed by atoms with Gasteiger partial charge >= 0.3 is 0 Å². The number of aryl methyl sites for hydroxylation is 1. The number of thiophene rings is 1. The van der Waals surface area contributed by atoms with Crippen LogP contribution < -0.4 is 11.3 Å². The van der Waals surface area contributed by atoms with Gasteiger partial charge in [0.1, 0.15) is 0 Å². The first-order valence-electron chi connectivity index (χ1n) is 6.39. The fourth-order valence-electron chi connectivity index (χ4n) is 2.33. The van der Waals surface area contributed by atoms with Crippen molar-refractivity contribution in [3.05, 3.63) is 21.4 Å². The number of nitrogens with two attached hydrogens (primary N) is 1. The Bertz CT molecular complexity index is 426. The van der Waals surface area contributed by atoms with Crippen LogP contribution in [0.4, 0.5) is 0 Å². The maximum atomic E-state index is 11.5. The minimum Gasteiger partial charge on any atom is -0.302 e. The van der Waals surface area contributed by atoms with Gasteiger partial charge in [0, 0.05) is 18.0 Å². The molecule has 0 atom stereocenters. The Labute approximate surface area is 112 Å². The Kier molecular flexibility index (Phi) is 4.37. The summed E-state index contributed by atoms with van der Waals surface area (Å²) in [5, 5.41) is 0. The summed E-state index contributed by atoms with van der Waals surface area (Å²) < 4.78 is 0. The minimum absolute atomic E-state index is 0.198. The van der Waals surface area contributed by atoms with Gasteiger partial charge < -0.3 is 4.90 Å². The fraction of sp³-hybridized carbons (Fsp3) is 0.615. The molecule has 1 heterocycles. The summed E-state index contributed by atoms with van der Waals surface area (Å²) in [5.74, 6) is 5.83. The number of hydrogen-bond acceptors (Lipinski definition) is 4. The normalized spacial score (nSPS) is 15.8. The predicted molar refractivity (Wildman–Crippen MR) is 74.4 cm³/mol. The lowest BCUT2D eigenvalue weighted by atomic mass is 9.85. The molecular formula is C13H21N3OS. The zero-order valence-electron chi connectivity index (χ0n) is 11.0. The van der Waals surface area contributed by atoms with Crippen LogP contribution in [0.25, 0.3) is 0 Å². The summed E-state index contributed by atoms with van der Waals surface area (Å²) in [5.41, 5.74) is 3.42. The van der Waals surface area contributed by atoms with Crippen molar-refractivity contribution in [1.29, 1.82) is 0 Å². The maximum absolute atomic E-state index is 11.5. The highest BCUT2D eigenvalue weighted by atomic mass is 32.1. The highest BCUT2D eigenvalue weighted by Gasteiger charge is 2.20. The molecular weight excluding hydrogens is 246 g/mol. The highest BCUT2D eigenvalue weighted by molar-refractivity contribution is 7.14. The minimum atomic E-state index is -0.198. The molecule has 0 unspecified atom stereocenters. The van der Waals surface area contributed by atoms with Crippen LogP contribution in [0.1, 0.15) is 39.4 Å². The SMILES string of the molecule is Cc1sc(C(=O)NN)cc1CN(C)CC1CCC1. The molecule has 1 aliphatic rings. The third-order valence-electron chi connectivity index (χ3n) is 3.61. The topological polar surface area (TPSA) is 58.4 Å². The van der Waals surface area contributed by atoms with Gasteiger partial charge in [-0.15, -0.1) is 11.3 Å². The first kappa shape index (κ1) is 13.5. The van der Waals surface area contributed by atoms with Gasteiger partial charge in [0.25, 0.3) is 5.91 Å². The van der Waals surface area contributed by atoms with Crippen LogP contribution >= 0.6 is 11.3 Å². The van der Waals surface area contributed by atoms with Gasteiger partial charge in [0.05, 0.1) is 4.88 Å². The molecule has 2 rings (SSSR count). The summed E-state index contributed by atoms with van der Waals surface area (Å²) in [4.78, 5) is 15.7. The van der Waals surface area contributed by atoms with Crippen molar-refractivity contribution in [2.24, 2.45) is 11.8 Å². The molecule has 1 fully saturated rings. The van der Waals surface area contributed by atoms with Crippen LogP contribution in [-0.4, -0.2) is 24.4 Å². The van der Waals surface area contributed by atoms with Crippen molar-refractivity contribution in [3.8, 4) is 0 Å². The molecule has 0 saturated heterocycles. The summed E-state index contributed by atoms with van der Waals surface area (Å²) in [6.45, 7) is 4.13. The van der Waals surface area contributed by atoms with Crippen molar-refractivity contribution in [2.45, 2.75) is 32.7 Å². The number of carbonyl (C=O) groups is 1. The Morgan fingerprint density at radius 3 is 2.89 bits per heavy atom. The van der Waals surface area contributed by atoms with Gasteiger partial charge in [-0.3, -0.25) is 10.2 Å². The van der Waals surface area contributed by atoms with Gasteiger partial charge in [-0.1, -0.05) is 6.42 Å². The van der Waals surface area contributed by atoms with E-state index in [2.05, 4.69) is 24.3 Å². The molecule has 0 bridgehead atoms. The van der Waals surface area contributed by atoms with Crippen molar-refractivity contribution in [1.82, 2.24) is 10.3 Å². The van der Waals surface area contributed by atoms with E-state index in [0.29, 0.717) is 4.88 Å². The molecule has 1 amide bonds. The van der Waals surface area contributed by atoms with Crippen LogP contribution in [0, 0.1) is 12.8 Å². The average molecular weight is 267 g/mol. The van der Waals surface area contributed by atoms with E-state index in [4.69, 9.17) is 5.84 Å². The molecule has 0 aromatic carbocycles. The molecule has 1 aliphatic carbocycles. The zero-order chi connectivity index (χ0) is 13.1. The summed E-state index contributed by atoms with van der Waals surface area (Å²) in [7, 11) is 2.15. The molecule has 3 N–H and O–H groups in total. The Hall–Kier alpha value is -0.910. The number of amides is 1. The number of nitrogens with one attached hydrogen (secondary N) is 1. The van der Waals surface area contributed by atoms with Crippen molar-refractivity contribution < 1.29 is 4.79 Å². The quantitative estimate of drug-likeness (QED) is 0.486. The van der Waals surface area contributed by atoms with E-state index in [1.807, 2.05) is 6.07 Å². The van der Waals surface area contributed by atoms with Gasteiger partial charge in [-0.25, -0.2) is 5.84 Å². The third kappa shape index (κ3) is 3.10. The monoisotopic (exact) mass is 267 g/mol. The Morgan fingerprint density at radius 1 is 1.61 bits per heavy atom. The standard InChI is InChI=1S/C13H21N3OS/c1-9-11(6-12(18-9)13(17)15-14)8-16(2)7-10-4-3-5-10/h6,10H,3-5,7-8,14H2,1-2H3,(H,15,17). The number of hydrazine groups is 1. The van der Waals surface area contributed by atoms with Crippen molar-refractivity contribution in [3.63, 3.8) is 0 Å². The second-order valence-electron chi connectivity index (χ2n) is 5.16. The van der Waals surface area contributed by atoms with E-state index in [1.54, 1.807) is 0 Å². The zero-order valence-corrected chi connectivity index (χ0v) is 11.8. The fourth-order valence-corrected chi connectivity index (χ4v) is 3.27. The van der Waals surface area contributed by atoms with E-state index in [9.17, 15) is 4.79 Å². The number of hydrogen-bond donors (Lipinski definition) is 2.